The summed E-state index contributed by atoms with van der Waals surface area (Å²) >= 11 is 13.8. The molecule has 14 heteroatoms. The highest BCUT2D eigenvalue weighted by atomic mass is 35.5. The molecular weight excluding hydrogens is 789 g/mol. The molecule has 0 aromatic heterocycles. The molecule has 2 aliphatic carbocycles. The molecular formula is C41H36Cl2F6O5S. The number of benzene rings is 4. The molecule has 0 bridgehead atoms. The molecule has 0 saturated heterocycles. The third-order valence-electron chi connectivity index (χ3n) is 9.53. The SMILES string of the molecule is CSc1ccc(-c2ccc(C(CC3CC3)C(=O)OC(=O)C(CC3CC3)c3ccc(-c4ccc(Cl)c(Cl)c4)c(OCC(F)(F)F)c3)cc2OCC(F)(F)F)cc1. The number of hydrogen-bond acceptors (Lipinski definition) is 6. The lowest BCUT2D eigenvalue weighted by molar-refractivity contribution is -0.162. The Bertz CT molecular complexity index is 2010. The van der Waals surface area contributed by atoms with Crippen LogP contribution < -0.4 is 9.47 Å². The van der Waals surface area contributed by atoms with E-state index in [1.54, 1.807) is 36.4 Å². The van der Waals surface area contributed by atoms with Crippen molar-refractivity contribution < 1.29 is 50.1 Å². The summed E-state index contributed by atoms with van der Waals surface area (Å²) in [6.07, 6.45) is -3.47. The number of carbonyl (C=O) groups is 2. The summed E-state index contributed by atoms with van der Waals surface area (Å²) in [6.45, 7) is -3.15. The predicted octanol–water partition coefficient (Wildman–Crippen LogP) is 12.5. The molecule has 292 valence electrons. The lowest BCUT2D eigenvalue weighted by atomic mass is 9.90. The van der Waals surface area contributed by atoms with Crippen molar-refractivity contribution in [3.05, 3.63) is 100 Å². The number of halogens is 8. The topological polar surface area (TPSA) is 61.8 Å². The van der Waals surface area contributed by atoms with Gasteiger partial charge in [0.05, 0.1) is 21.9 Å². The van der Waals surface area contributed by atoms with Crippen LogP contribution in [0.1, 0.15) is 61.5 Å². The lowest BCUT2D eigenvalue weighted by Crippen LogP contribution is -2.25. The van der Waals surface area contributed by atoms with Crippen LogP contribution in [-0.4, -0.2) is 43.8 Å². The quantitative estimate of drug-likeness (QED) is 0.0515. The Morgan fingerprint density at radius 2 is 1.11 bits per heavy atom. The molecule has 2 aliphatic rings. The van der Waals surface area contributed by atoms with E-state index in [-0.39, 0.29) is 45.4 Å². The zero-order valence-corrected chi connectivity index (χ0v) is 31.8. The number of ether oxygens (including phenoxy) is 3. The van der Waals surface area contributed by atoms with Crippen molar-refractivity contribution in [2.45, 2.75) is 67.6 Å². The average Bonchev–Trinajstić information content (AvgIpc) is 4.08. The van der Waals surface area contributed by atoms with Gasteiger partial charge in [0, 0.05) is 16.0 Å². The zero-order valence-electron chi connectivity index (χ0n) is 29.4. The molecule has 2 fully saturated rings. The highest BCUT2D eigenvalue weighted by molar-refractivity contribution is 7.98. The lowest BCUT2D eigenvalue weighted by Gasteiger charge is -2.22. The first-order valence-electron chi connectivity index (χ1n) is 17.6. The summed E-state index contributed by atoms with van der Waals surface area (Å²) in [5.41, 5.74) is 2.34. The third kappa shape index (κ3) is 11.4. The van der Waals surface area contributed by atoms with Crippen LogP contribution in [0, 0.1) is 11.8 Å². The number of hydrogen-bond donors (Lipinski definition) is 0. The molecule has 0 heterocycles. The van der Waals surface area contributed by atoms with Crippen LogP contribution in [0.2, 0.25) is 10.0 Å². The Morgan fingerprint density at radius 3 is 1.53 bits per heavy atom. The van der Waals surface area contributed by atoms with Gasteiger partial charge in [0.15, 0.2) is 13.2 Å². The van der Waals surface area contributed by atoms with E-state index in [1.807, 2.05) is 18.4 Å². The molecule has 4 aromatic carbocycles. The number of thioether (sulfide) groups is 1. The summed E-state index contributed by atoms with van der Waals surface area (Å²) in [5.74, 6) is -3.74. The minimum Gasteiger partial charge on any atom is -0.483 e. The molecule has 0 N–H and O–H groups in total. The Morgan fingerprint density at radius 1 is 0.655 bits per heavy atom. The van der Waals surface area contributed by atoms with Gasteiger partial charge in [-0.1, -0.05) is 91.3 Å². The Hall–Kier alpha value is -3.87. The summed E-state index contributed by atoms with van der Waals surface area (Å²) in [4.78, 5) is 28.9. The number of rotatable bonds is 15. The van der Waals surface area contributed by atoms with Crippen molar-refractivity contribution in [2.75, 3.05) is 19.5 Å². The molecule has 0 amide bonds. The largest absolute Gasteiger partial charge is 0.483 e. The number of alkyl halides is 6. The van der Waals surface area contributed by atoms with Crippen molar-refractivity contribution >= 4 is 46.9 Å². The molecule has 2 unspecified atom stereocenters. The highest BCUT2D eigenvalue weighted by Crippen LogP contribution is 2.44. The van der Waals surface area contributed by atoms with Crippen molar-refractivity contribution in [3.63, 3.8) is 0 Å². The fraction of sp³-hybridized carbons (Fsp3) is 0.366. The molecule has 4 aromatic rings. The maximum absolute atomic E-state index is 13.9. The first-order chi connectivity index (χ1) is 26.1. The van der Waals surface area contributed by atoms with E-state index < -0.39 is 49.3 Å². The molecule has 5 nitrogen and oxygen atoms in total. The normalized spacial score (nSPS) is 15.7. The fourth-order valence-corrected chi connectivity index (χ4v) is 7.04. The van der Waals surface area contributed by atoms with Gasteiger partial charge in [-0.15, -0.1) is 11.8 Å². The second kappa shape index (κ2) is 17.1. The predicted molar refractivity (Wildman–Crippen MR) is 200 cm³/mol. The van der Waals surface area contributed by atoms with Crippen molar-refractivity contribution in [1.29, 1.82) is 0 Å². The molecule has 6 rings (SSSR count). The number of carbonyl (C=O) groups excluding carboxylic acids is 2. The van der Waals surface area contributed by atoms with Gasteiger partial charge < -0.3 is 14.2 Å². The van der Waals surface area contributed by atoms with Gasteiger partial charge in [0.2, 0.25) is 0 Å². The third-order valence-corrected chi connectivity index (χ3v) is 11.0. The van der Waals surface area contributed by atoms with Crippen molar-refractivity contribution in [1.82, 2.24) is 0 Å². The summed E-state index contributed by atoms with van der Waals surface area (Å²) in [7, 11) is 0. The van der Waals surface area contributed by atoms with E-state index in [9.17, 15) is 35.9 Å². The zero-order chi connectivity index (χ0) is 39.5. The van der Waals surface area contributed by atoms with Crippen LogP contribution in [0.25, 0.3) is 22.3 Å². The van der Waals surface area contributed by atoms with E-state index in [0.29, 0.717) is 34.2 Å². The van der Waals surface area contributed by atoms with Crippen LogP contribution in [0.4, 0.5) is 26.3 Å². The maximum atomic E-state index is 13.9. The van der Waals surface area contributed by atoms with Crippen LogP contribution in [0.15, 0.2) is 83.8 Å². The summed E-state index contributed by atoms with van der Waals surface area (Å²) in [6, 6.07) is 20.8. The van der Waals surface area contributed by atoms with Gasteiger partial charge in [-0.05, 0) is 89.6 Å². The minimum atomic E-state index is -4.66. The van der Waals surface area contributed by atoms with Crippen molar-refractivity contribution in [3.8, 4) is 33.8 Å². The van der Waals surface area contributed by atoms with Gasteiger partial charge in [-0.2, -0.15) is 26.3 Å². The summed E-state index contributed by atoms with van der Waals surface area (Å²) < 4.78 is 96.2. The first-order valence-corrected chi connectivity index (χ1v) is 19.6. The van der Waals surface area contributed by atoms with Crippen LogP contribution in [0.5, 0.6) is 11.5 Å². The number of esters is 2. The fourth-order valence-electron chi connectivity index (χ4n) is 6.33. The maximum Gasteiger partial charge on any atom is 0.422 e. The van der Waals surface area contributed by atoms with E-state index >= 15 is 0 Å². The van der Waals surface area contributed by atoms with Crippen molar-refractivity contribution in [2.24, 2.45) is 11.8 Å². The Kier molecular flexibility index (Phi) is 12.7. The molecule has 0 spiro atoms. The molecule has 0 aliphatic heterocycles. The molecule has 2 atom stereocenters. The molecule has 0 radical (unpaired) electrons. The van der Waals surface area contributed by atoms with Gasteiger partial charge in [0.25, 0.3) is 0 Å². The van der Waals surface area contributed by atoms with Crippen LogP contribution in [-0.2, 0) is 14.3 Å². The Balaban J connectivity index is 1.30. The van der Waals surface area contributed by atoms with Gasteiger partial charge in [-0.3, -0.25) is 9.59 Å². The van der Waals surface area contributed by atoms with E-state index in [1.165, 1.54) is 42.1 Å². The van der Waals surface area contributed by atoms with E-state index in [2.05, 4.69) is 0 Å². The van der Waals surface area contributed by atoms with Gasteiger partial charge >= 0.3 is 24.3 Å². The smallest absolute Gasteiger partial charge is 0.422 e. The second-order valence-corrected chi connectivity index (χ2v) is 15.6. The van der Waals surface area contributed by atoms with Gasteiger partial charge in [0.1, 0.15) is 11.5 Å². The van der Waals surface area contributed by atoms with Gasteiger partial charge in [-0.25, -0.2) is 0 Å². The first kappa shape index (κ1) is 40.8. The Labute approximate surface area is 328 Å². The summed E-state index contributed by atoms with van der Waals surface area (Å²) in [5, 5.41) is 0.427. The second-order valence-electron chi connectivity index (χ2n) is 13.9. The van der Waals surface area contributed by atoms with E-state index in [4.69, 9.17) is 37.4 Å². The highest BCUT2D eigenvalue weighted by Gasteiger charge is 2.38. The minimum absolute atomic E-state index is 0.0771. The average molecular weight is 826 g/mol. The monoisotopic (exact) mass is 824 g/mol. The molecule has 2 saturated carbocycles. The van der Waals surface area contributed by atoms with E-state index in [0.717, 1.165) is 30.6 Å². The molecule has 55 heavy (non-hydrogen) atoms. The standard InChI is InChI=1S/C41H36Cl2F6O5S/c1-55-29-11-6-25(7-12-29)30-13-8-27(19-36(30)52-21-40(44,45)46)32(16-23-2-3-23)38(50)54-39(51)33(17-24-4-5-24)28-9-14-31(26-10-15-34(42)35(43)18-26)37(20-28)53-22-41(47,48)49/h6-15,18-20,23-24,32-33H,2-5,16-17,21-22H2,1H3. The van der Waals surface area contributed by atoms with Crippen LogP contribution in [0.3, 0.4) is 0 Å². The van der Waals surface area contributed by atoms with Crippen LogP contribution >= 0.6 is 35.0 Å².